The molecule has 2 N–H and O–H groups in total. The van der Waals surface area contributed by atoms with E-state index in [9.17, 15) is 0 Å². The maximum absolute atomic E-state index is 5.92. The van der Waals surface area contributed by atoms with Crippen molar-refractivity contribution in [1.29, 1.82) is 0 Å². The van der Waals surface area contributed by atoms with Crippen molar-refractivity contribution in [3.8, 4) is 5.75 Å². The van der Waals surface area contributed by atoms with Crippen LogP contribution in [0.5, 0.6) is 5.75 Å². The molecule has 0 aliphatic rings. The Hall–Kier alpha value is -1.87. The number of rotatable bonds is 5. The number of hydrogen-bond acceptors (Lipinski definition) is 3. The third-order valence-corrected chi connectivity index (χ3v) is 3.06. The lowest BCUT2D eigenvalue weighted by Crippen LogP contribution is -2.05. The Balaban J connectivity index is 2.12. The third-order valence-electron chi connectivity index (χ3n) is 3.06. The minimum absolute atomic E-state index is 0.547. The van der Waals surface area contributed by atoms with Crippen molar-refractivity contribution in [2.45, 2.75) is 26.9 Å². The summed E-state index contributed by atoms with van der Waals surface area (Å²) in [6.45, 7) is 5.37. The first-order valence-electron chi connectivity index (χ1n) is 6.52. The summed E-state index contributed by atoms with van der Waals surface area (Å²) in [6, 6.07) is 8.24. The van der Waals surface area contributed by atoms with E-state index in [1.165, 1.54) is 5.56 Å². The van der Waals surface area contributed by atoms with Gasteiger partial charge in [0.25, 0.3) is 0 Å². The number of pyridine rings is 1. The van der Waals surface area contributed by atoms with E-state index in [0.717, 1.165) is 28.9 Å². The Morgan fingerprint density at radius 2 is 1.89 bits per heavy atom. The molecule has 0 spiro atoms. The number of aryl methyl sites for hydroxylation is 2. The van der Waals surface area contributed by atoms with E-state index >= 15 is 0 Å². The SMILES string of the molecule is Cc1cc(CCN)cc(C)c1OCc1cccnc1. The van der Waals surface area contributed by atoms with Gasteiger partial charge in [-0.05, 0) is 49.6 Å². The predicted molar refractivity (Wildman–Crippen MR) is 77.2 cm³/mol. The number of nitrogens with zero attached hydrogens (tertiary/aromatic N) is 1. The van der Waals surface area contributed by atoms with Gasteiger partial charge in [-0.25, -0.2) is 0 Å². The molecule has 100 valence electrons. The zero-order valence-corrected chi connectivity index (χ0v) is 11.5. The second-order valence-corrected chi connectivity index (χ2v) is 4.75. The Morgan fingerprint density at radius 1 is 1.16 bits per heavy atom. The van der Waals surface area contributed by atoms with Gasteiger partial charge in [-0.2, -0.15) is 0 Å². The van der Waals surface area contributed by atoms with Crippen LogP contribution in [0.3, 0.4) is 0 Å². The van der Waals surface area contributed by atoms with E-state index in [1.807, 2.05) is 18.3 Å². The fourth-order valence-electron chi connectivity index (χ4n) is 2.22. The van der Waals surface area contributed by atoms with Gasteiger partial charge in [0.05, 0.1) is 0 Å². The quantitative estimate of drug-likeness (QED) is 0.895. The van der Waals surface area contributed by atoms with Crippen LogP contribution in [0.1, 0.15) is 22.3 Å². The standard InChI is InChI=1S/C16H20N2O/c1-12-8-14(5-6-17)9-13(2)16(12)19-11-15-4-3-7-18-10-15/h3-4,7-10H,5-6,11,17H2,1-2H3. The van der Waals surface area contributed by atoms with Crippen LogP contribution in [0.15, 0.2) is 36.7 Å². The zero-order chi connectivity index (χ0) is 13.7. The topological polar surface area (TPSA) is 48.1 Å². The molecule has 0 atom stereocenters. The van der Waals surface area contributed by atoms with Gasteiger partial charge in [-0.15, -0.1) is 0 Å². The van der Waals surface area contributed by atoms with Crippen molar-refractivity contribution in [3.63, 3.8) is 0 Å². The molecule has 1 heterocycles. The van der Waals surface area contributed by atoms with E-state index < -0.39 is 0 Å². The number of ether oxygens (including phenoxy) is 1. The predicted octanol–water partition coefficient (Wildman–Crippen LogP) is 2.78. The van der Waals surface area contributed by atoms with Gasteiger partial charge in [-0.1, -0.05) is 18.2 Å². The van der Waals surface area contributed by atoms with E-state index in [2.05, 4.69) is 31.0 Å². The number of benzene rings is 1. The molecule has 3 heteroatoms. The molecule has 2 aromatic rings. The van der Waals surface area contributed by atoms with Crippen LogP contribution < -0.4 is 10.5 Å². The van der Waals surface area contributed by atoms with Gasteiger partial charge in [0, 0.05) is 18.0 Å². The molecule has 19 heavy (non-hydrogen) atoms. The van der Waals surface area contributed by atoms with Gasteiger partial charge in [0.15, 0.2) is 0 Å². The highest BCUT2D eigenvalue weighted by atomic mass is 16.5. The number of hydrogen-bond donors (Lipinski definition) is 1. The summed E-state index contributed by atoms with van der Waals surface area (Å²) in [6.07, 6.45) is 4.50. The van der Waals surface area contributed by atoms with E-state index in [4.69, 9.17) is 10.5 Å². The van der Waals surface area contributed by atoms with Crippen molar-refractivity contribution in [2.75, 3.05) is 6.54 Å². The highest BCUT2D eigenvalue weighted by molar-refractivity contribution is 5.43. The smallest absolute Gasteiger partial charge is 0.125 e. The molecule has 1 aromatic carbocycles. The monoisotopic (exact) mass is 256 g/mol. The van der Waals surface area contributed by atoms with Crippen molar-refractivity contribution >= 4 is 0 Å². The second-order valence-electron chi connectivity index (χ2n) is 4.75. The van der Waals surface area contributed by atoms with Crippen LogP contribution in [0, 0.1) is 13.8 Å². The van der Waals surface area contributed by atoms with Crippen LogP contribution >= 0.6 is 0 Å². The van der Waals surface area contributed by atoms with Crippen molar-refractivity contribution in [2.24, 2.45) is 5.73 Å². The van der Waals surface area contributed by atoms with Gasteiger partial charge in [0.2, 0.25) is 0 Å². The van der Waals surface area contributed by atoms with Gasteiger partial charge in [0.1, 0.15) is 12.4 Å². The molecule has 3 nitrogen and oxygen atoms in total. The van der Waals surface area contributed by atoms with Crippen LogP contribution in [-0.2, 0) is 13.0 Å². The zero-order valence-electron chi connectivity index (χ0n) is 11.5. The molecule has 0 saturated heterocycles. The molecule has 0 bridgehead atoms. The molecule has 2 rings (SSSR count). The van der Waals surface area contributed by atoms with Gasteiger partial charge < -0.3 is 10.5 Å². The fraction of sp³-hybridized carbons (Fsp3) is 0.312. The number of aromatic nitrogens is 1. The summed E-state index contributed by atoms with van der Waals surface area (Å²) in [5.74, 6) is 0.963. The van der Waals surface area contributed by atoms with Crippen molar-refractivity contribution in [1.82, 2.24) is 4.98 Å². The molecule has 0 aliphatic carbocycles. The lowest BCUT2D eigenvalue weighted by Gasteiger charge is -2.14. The summed E-state index contributed by atoms with van der Waals surface area (Å²) >= 11 is 0. The van der Waals surface area contributed by atoms with Crippen LogP contribution in [-0.4, -0.2) is 11.5 Å². The molecule has 0 fully saturated rings. The van der Waals surface area contributed by atoms with Crippen molar-refractivity contribution in [3.05, 3.63) is 58.9 Å². The average molecular weight is 256 g/mol. The summed E-state index contributed by atoms with van der Waals surface area (Å²) in [5, 5.41) is 0. The largest absolute Gasteiger partial charge is 0.488 e. The molecule has 0 radical (unpaired) electrons. The van der Waals surface area contributed by atoms with Crippen LogP contribution in [0.25, 0.3) is 0 Å². The average Bonchev–Trinajstić information content (AvgIpc) is 2.39. The van der Waals surface area contributed by atoms with Crippen molar-refractivity contribution < 1.29 is 4.74 Å². The molecule has 0 unspecified atom stereocenters. The highest BCUT2D eigenvalue weighted by Crippen LogP contribution is 2.25. The highest BCUT2D eigenvalue weighted by Gasteiger charge is 2.06. The van der Waals surface area contributed by atoms with E-state index in [1.54, 1.807) is 6.20 Å². The second kappa shape index (κ2) is 6.34. The molecule has 0 amide bonds. The van der Waals surface area contributed by atoms with Crippen LogP contribution in [0.4, 0.5) is 0 Å². The van der Waals surface area contributed by atoms with E-state index in [0.29, 0.717) is 13.2 Å². The third kappa shape index (κ3) is 3.55. The summed E-state index contributed by atoms with van der Waals surface area (Å²) < 4.78 is 5.92. The first-order chi connectivity index (χ1) is 9.20. The molecule has 1 aromatic heterocycles. The Bertz CT molecular complexity index is 515. The van der Waals surface area contributed by atoms with Gasteiger partial charge >= 0.3 is 0 Å². The first kappa shape index (κ1) is 13.6. The molecule has 0 aliphatic heterocycles. The normalized spacial score (nSPS) is 10.5. The van der Waals surface area contributed by atoms with E-state index in [-0.39, 0.29) is 0 Å². The molecule has 0 saturated carbocycles. The Labute approximate surface area is 114 Å². The van der Waals surface area contributed by atoms with Crippen LogP contribution in [0.2, 0.25) is 0 Å². The first-order valence-corrected chi connectivity index (χ1v) is 6.52. The minimum atomic E-state index is 0.547. The minimum Gasteiger partial charge on any atom is -0.488 e. The summed E-state index contributed by atoms with van der Waals surface area (Å²) in [4.78, 5) is 4.09. The summed E-state index contributed by atoms with van der Waals surface area (Å²) in [5.41, 5.74) is 10.3. The number of nitrogens with two attached hydrogens (primary N) is 1. The molecular weight excluding hydrogens is 236 g/mol. The fourth-order valence-corrected chi connectivity index (χ4v) is 2.22. The molecular formula is C16H20N2O. The maximum atomic E-state index is 5.92. The Morgan fingerprint density at radius 3 is 2.47 bits per heavy atom. The maximum Gasteiger partial charge on any atom is 0.125 e. The summed E-state index contributed by atoms with van der Waals surface area (Å²) in [7, 11) is 0. The lowest BCUT2D eigenvalue weighted by molar-refractivity contribution is 0.301. The lowest BCUT2D eigenvalue weighted by atomic mass is 10.0. The van der Waals surface area contributed by atoms with Gasteiger partial charge in [-0.3, -0.25) is 4.98 Å². The Kier molecular flexibility index (Phi) is 4.53.